The Hall–Kier alpha value is -2.59. The third kappa shape index (κ3) is 2.23. The molecule has 0 atom stereocenters. The van der Waals surface area contributed by atoms with Crippen molar-refractivity contribution in [1.29, 1.82) is 0 Å². The fraction of sp³-hybridized carbons (Fsp3) is 0.111. The van der Waals surface area contributed by atoms with Crippen molar-refractivity contribution in [1.82, 2.24) is 9.78 Å². The molecule has 0 N–H and O–H groups in total. The van der Waals surface area contributed by atoms with Crippen LogP contribution >= 0.6 is 11.6 Å². The van der Waals surface area contributed by atoms with Gasteiger partial charge in [-0.3, -0.25) is 0 Å². The highest BCUT2D eigenvalue weighted by atomic mass is 35.5. The molecule has 0 unspecified atom stereocenters. The maximum Gasteiger partial charge on any atom is 0.112 e. The van der Waals surface area contributed by atoms with Crippen LogP contribution in [-0.2, 0) is 12.8 Å². The molecule has 1 heterocycles. The molecule has 1 aromatic heterocycles. The van der Waals surface area contributed by atoms with E-state index in [1.807, 2.05) is 30.3 Å². The third-order valence-corrected chi connectivity index (χ3v) is 4.42. The number of benzene rings is 2. The fourth-order valence-corrected chi connectivity index (χ4v) is 3.25. The minimum absolute atomic E-state index is 0.0180. The van der Waals surface area contributed by atoms with Crippen molar-refractivity contribution in [2.75, 3.05) is 0 Å². The number of aromatic nitrogens is 2. The van der Waals surface area contributed by atoms with Gasteiger partial charge in [0.2, 0.25) is 0 Å². The van der Waals surface area contributed by atoms with Gasteiger partial charge < -0.3 is 9.90 Å². The Kier molecular flexibility index (Phi) is 3.20. The van der Waals surface area contributed by atoms with Crippen LogP contribution in [-0.4, -0.2) is 15.7 Å². The van der Waals surface area contributed by atoms with E-state index in [1.165, 1.54) is 5.56 Å². The Labute approximate surface area is 138 Å². The summed E-state index contributed by atoms with van der Waals surface area (Å²) in [5.41, 5.74) is 4.56. The number of carboxylic acid groups (broad SMARTS) is 1. The minimum atomic E-state index is -1.24. The average molecular weight is 324 g/mol. The maximum absolute atomic E-state index is 11.5. The van der Waals surface area contributed by atoms with Gasteiger partial charge >= 0.3 is 0 Å². The summed E-state index contributed by atoms with van der Waals surface area (Å²) < 4.78 is 1.68. The number of carboxylic acids is 1. The normalized spacial score (nSPS) is 12.6. The Balaban J connectivity index is 2.01. The second kappa shape index (κ2) is 5.25. The Bertz CT molecular complexity index is 913. The number of aromatic carboxylic acids is 1. The van der Waals surface area contributed by atoms with Gasteiger partial charge in [0, 0.05) is 16.1 Å². The van der Waals surface area contributed by atoms with Crippen molar-refractivity contribution < 1.29 is 9.90 Å². The Morgan fingerprint density at radius 3 is 2.57 bits per heavy atom. The first-order chi connectivity index (χ1) is 11.1. The summed E-state index contributed by atoms with van der Waals surface area (Å²) in [4.78, 5) is 11.5. The number of nitrogens with zero attached hydrogens (tertiary/aromatic N) is 2. The lowest BCUT2D eigenvalue weighted by molar-refractivity contribution is -0.255. The summed E-state index contributed by atoms with van der Waals surface area (Å²) in [7, 11) is 0. The fourth-order valence-electron chi connectivity index (χ4n) is 3.13. The van der Waals surface area contributed by atoms with E-state index < -0.39 is 5.97 Å². The zero-order valence-electron chi connectivity index (χ0n) is 12.1. The first-order valence-electron chi connectivity index (χ1n) is 7.32. The number of carbonyl (C=O) groups excluding carboxylic acids is 1. The van der Waals surface area contributed by atoms with Crippen molar-refractivity contribution in [3.63, 3.8) is 0 Å². The lowest BCUT2D eigenvalue weighted by Crippen LogP contribution is -2.24. The van der Waals surface area contributed by atoms with E-state index in [2.05, 4.69) is 11.2 Å². The van der Waals surface area contributed by atoms with Gasteiger partial charge in [0.15, 0.2) is 0 Å². The second-order valence-corrected chi connectivity index (χ2v) is 5.95. The largest absolute Gasteiger partial charge is 0.543 e. The molecular formula is C18H12ClN2O2-. The maximum atomic E-state index is 11.5. The monoisotopic (exact) mass is 323 g/mol. The van der Waals surface area contributed by atoms with Gasteiger partial charge in [-0.15, -0.1) is 0 Å². The third-order valence-electron chi connectivity index (χ3n) is 4.16. The molecule has 0 spiro atoms. The molecule has 0 saturated carbocycles. The van der Waals surface area contributed by atoms with Crippen molar-refractivity contribution in [3.05, 3.63) is 70.4 Å². The lowest BCUT2D eigenvalue weighted by atomic mass is 9.89. The van der Waals surface area contributed by atoms with E-state index in [4.69, 9.17) is 11.6 Å². The molecule has 0 amide bonds. The zero-order valence-corrected chi connectivity index (χ0v) is 12.9. The molecular weight excluding hydrogens is 312 g/mol. The molecule has 0 saturated heterocycles. The van der Waals surface area contributed by atoms with Crippen LogP contribution in [0.3, 0.4) is 0 Å². The van der Waals surface area contributed by atoms with E-state index in [9.17, 15) is 9.90 Å². The van der Waals surface area contributed by atoms with Crippen molar-refractivity contribution in [2.45, 2.75) is 12.8 Å². The topological polar surface area (TPSA) is 57.9 Å². The number of hydrogen-bond donors (Lipinski definition) is 0. The molecule has 3 aromatic rings. The van der Waals surface area contributed by atoms with Gasteiger partial charge in [-0.2, -0.15) is 5.10 Å². The van der Waals surface area contributed by atoms with E-state index in [1.54, 1.807) is 16.8 Å². The second-order valence-electron chi connectivity index (χ2n) is 5.51. The summed E-state index contributed by atoms with van der Waals surface area (Å²) >= 11 is 5.95. The molecule has 0 bridgehead atoms. The number of fused-ring (bicyclic) bond motifs is 3. The first kappa shape index (κ1) is 14.0. The standard InChI is InChI=1S/C18H13ClN2O2/c19-12-6-8-13(9-7-12)21-17-14-4-2-1-3-11(14)5-10-15(17)16(20-21)18(22)23/h1-4,6-9H,5,10H2,(H,22,23)/p-1. The van der Waals surface area contributed by atoms with Crippen LogP contribution < -0.4 is 5.11 Å². The molecule has 5 heteroatoms. The molecule has 0 aliphatic heterocycles. The molecule has 0 fully saturated rings. The molecule has 114 valence electrons. The van der Waals surface area contributed by atoms with E-state index in [0.717, 1.165) is 28.9 Å². The van der Waals surface area contributed by atoms with Crippen LogP contribution in [0.4, 0.5) is 0 Å². The van der Waals surface area contributed by atoms with E-state index in [-0.39, 0.29) is 5.69 Å². The smallest absolute Gasteiger partial charge is 0.112 e. The highest BCUT2D eigenvalue weighted by Gasteiger charge is 2.25. The van der Waals surface area contributed by atoms with Gasteiger partial charge in [0.25, 0.3) is 0 Å². The lowest BCUT2D eigenvalue weighted by Gasteiger charge is -2.18. The summed E-state index contributed by atoms with van der Waals surface area (Å²) in [6.07, 6.45) is 1.44. The summed E-state index contributed by atoms with van der Waals surface area (Å²) in [5, 5.41) is 16.4. The SMILES string of the molecule is O=C([O-])c1nn(-c2ccc(Cl)cc2)c2c1CCc1ccccc1-2. The van der Waals surface area contributed by atoms with Crippen molar-refractivity contribution in [2.24, 2.45) is 0 Å². The number of carbonyl (C=O) groups is 1. The summed E-state index contributed by atoms with van der Waals surface area (Å²) in [5.74, 6) is -1.24. The summed E-state index contributed by atoms with van der Waals surface area (Å²) in [6, 6.07) is 15.2. The Morgan fingerprint density at radius 1 is 1.09 bits per heavy atom. The number of halogens is 1. The zero-order chi connectivity index (χ0) is 16.0. The quantitative estimate of drug-likeness (QED) is 0.728. The molecule has 0 radical (unpaired) electrons. The van der Waals surface area contributed by atoms with Gasteiger partial charge in [0.05, 0.1) is 17.4 Å². The molecule has 1 aliphatic carbocycles. The van der Waals surface area contributed by atoms with Crippen LogP contribution in [0.25, 0.3) is 16.9 Å². The van der Waals surface area contributed by atoms with Crippen molar-refractivity contribution >= 4 is 17.6 Å². The van der Waals surface area contributed by atoms with E-state index in [0.29, 0.717) is 11.4 Å². The molecule has 4 rings (SSSR count). The van der Waals surface area contributed by atoms with Gasteiger partial charge in [-0.05, 0) is 42.7 Å². The first-order valence-corrected chi connectivity index (χ1v) is 7.70. The highest BCUT2D eigenvalue weighted by Crippen LogP contribution is 2.36. The van der Waals surface area contributed by atoms with E-state index >= 15 is 0 Å². The highest BCUT2D eigenvalue weighted by molar-refractivity contribution is 6.30. The average Bonchev–Trinajstić information content (AvgIpc) is 2.96. The predicted molar refractivity (Wildman–Crippen MR) is 85.7 cm³/mol. The van der Waals surface area contributed by atoms with Crippen LogP contribution in [0.15, 0.2) is 48.5 Å². The van der Waals surface area contributed by atoms with Crippen LogP contribution in [0.5, 0.6) is 0 Å². The van der Waals surface area contributed by atoms with Crippen LogP contribution in [0.1, 0.15) is 21.6 Å². The van der Waals surface area contributed by atoms with Crippen LogP contribution in [0, 0.1) is 0 Å². The van der Waals surface area contributed by atoms with Crippen LogP contribution in [0.2, 0.25) is 5.02 Å². The molecule has 4 nitrogen and oxygen atoms in total. The molecule has 1 aliphatic rings. The minimum Gasteiger partial charge on any atom is -0.543 e. The van der Waals surface area contributed by atoms with Gasteiger partial charge in [0.1, 0.15) is 5.69 Å². The molecule has 23 heavy (non-hydrogen) atoms. The van der Waals surface area contributed by atoms with Gasteiger partial charge in [-0.1, -0.05) is 35.9 Å². The van der Waals surface area contributed by atoms with Gasteiger partial charge in [-0.25, -0.2) is 4.68 Å². The Morgan fingerprint density at radius 2 is 1.83 bits per heavy atom. The number of rotatable bonds is 2. The predicted octanol–water partition coefficient (Wildman–Crippen LogP) is 2.65. The van der Waals surface area contributed by atoms with Crippen molar-refractivity contribution in [3.8, 4) is 16.9 Å². The summed E-state index contributed by atoms with van der Waals surface area (Å²) in [6.45, 7) is 0. The molecule has 2 aromatic carbocycles. The number of aryl methyl sites for hydroxylation is 1. The number of hydrogen-bond acceptors (Lipinski definition) is 3.